The van der Waals surface area contributed by atoms with Crippen LogP contribution in [0.25, 0.3) is 0 Å². The molecule has 1 heterocycles. The van der Waals surface area contributed by atoms with Gasteiger partial charge in [0.25, 0.3) is 0 Å². The highest BCUT2D eigenvalue weighted by Gasteiger charge is 2.17. The summed E-state index contributed by atoms with van der Waals surface area (Å²) in [5.74, 6) is -1.26. The van der Waals surface area contributed by atoms with Crippen molar-refractivity contribution in [2.24, 2.45) is 0 Å². The van der Waals surface area contributed by atoms with E-state index in [2.05, 4.69) is 10.3 Å². The van der Waals surface area contributed by atoms with Gasteiger partial charge in [-0.2, -0.15) is 0 Å². The molecule has 0 radical (unpaired) electrons. The second-order valence-electron chi connectivity index (χ2n) is 4.19. The molecule has 0 aliphatic carbocycles. The van der Waals surface area contributed by atoms with Crippen LogP contribution >= 0.6 is 0 Å². The molecule has 1 rings (SSSR count). The molecule has 0 saturated heterocycles. The molecule has 0 amide bonds. The fourth-order valence-electron chi connectivity index (χ4n) is 1.65. The number of pyridine rings is 1. The Balaban J connectivity index is 2.63. The number of nitrogens with one attached hydrogen (secondary N) is 1. The van der Waals surface area contributed by atoms with E-state index in [4.69, 9.17) is 10.2 Å². The molecule has 1 aromatic rings. The SMILES string of the molecule is O=C(O)c1ccc([N+](=O)[O-])c(NCCCCCCO)n1. The van der Waals surface area contributed by atoms with Crippen LogP contribution in [-0.2, 0) is 0 Å². The Morgan fingerprint density at radius 3 is 2.60 bits per heavy atom. The van der Waals surface area contributed by atoms with Crippen molar-refractivity contribution >= 4 is 17.5 Å². The number of anilines is 1. The topological polar surface area (TPSA) is 126 Å². The molecular formula is C12H17N3O5. The maximum Gasteiger partial charge on any atom is 0.354 e. The molecule has 8 heteroatoms. The summed E-state index contributed by atoms with van der Waals surface area (Å²) in [5, 5.41) is 31.1. The van der Waals surface area contributed by atoms with E-state index in [1.54, 1.807) is 0 Å². The van der Waals surface area contributed by atoms with E-state index in [-0.39, 0.29) is 23.8 Å². The molecule has 0 saturated carbocycles. The number of hydrogen-bond donors (Lipinski definition) is 3. The zero-order valence-corrected chi connectivity index (χ0v) is 10.9. The second kappa shape index (κ2) is 8.05. The third kappa shape index (κ3) is 4.81. The Morgan fingerprint density at radius 2 is 2.00 bits per heavy atom. The van der Waals surface area contributed by atoms with E-state index in [1.165, 1.54) is 0 Å². The van der Waals surface area contributed by atoms with Crippen molar-refractivity contribution < 1.29 is 19.9 Å². The van der Waals surface area contributed by atoms with Crippen LogP contribution in [0, 0.1) is 10.1 Å². The Hall–Kier alpha value is -2.22. The number of aromatic carboxylic acids is 1. The first-order valence-corrected chi connectivity index (χ1v) is 6.29. The van der Waals surface area contributed by atoms with Crippen molar-refractivity contribution in [1.82, 2.24) is 4.98 Å². The van der Waals surface area contributed by atoms with Gasteiger partial charge >= 0.3 is 11.7 Å². The van der Waals surface area contributed by atoms with E-state index < -0.39 is 10.9 Å². The quantitative estimate of drug-likeness (QED) is 0.357. The van der Waals surface area contributed by atoms with Crippen LogP contribution in [0.4, 0.5) is 11.5 Å². The number of aromatic nitrogens is 1. The second-order valence-corrected chi connectivity index (χ2v) is 4.19. The third-order valence-corrected chi connectivity index (χ3v) is 2.67. The molecule has 0 bridgehead atoms. The van der Waals surface area contributed by atoms with Gasteiger partial charge in [0, 0.05) is 19.2 Å². The summed E-state index contributed by atoms with van der Waals surface area (Å²) in [4.78, 5) is 24.8. The number of carbonyl (C=O) groups is 1. The average Bonchev–Trinajstić information content (AvgIpc) is 2.42. The summed E-state index contributed by atoms with van der Waals surface area (Å²) >= 11 is 0. The van der Waals surface area contributed by atoms with E-state index in [9.17, 15) is 14.9 Å². The van der Waals surface area contributed by atoms with E-state index in [1.807, 2.05) is 0 Å². The van der Waals surface area contributed by atoms with Crippen LogP contribution in [-0.4, -0.2) is 39.2 Å². The highest BCUT2D eigenvalue weighted by molar-refractivity contribution is 5.86. The number of hydrogen-bond acceptors (Lipinski definition) is 6. The highest BCUT2D eigenvalue weighted by Crippen LogP contribution is 2.22. The molecule has 8 nitrogen and oxygen atoms in total. The van der Waals surface area contributed by atoms with Gasteiger partial charge < -0.3 is 15.5 Å². The van der Waals surface area contributed by atoms with Crippen molar-refractivity contribution in [3.63, 3.8) is 0 Å². The number of rotatable bonds is 9. The van der Waals surface area contributed by atoms with Crippen LogP contribution in [0.15, 0.2) is 12.1 Å². The minimum Gasteiger partial charge on any atom is -0.477 e. The van der Waals surface area contributed by atoms with Crippen LogP contribution in [0.5, 0.6) is 0 Å². The molecule has 0 atom stereocenters. The highest BCUT2D eigenvalue weighted by atomic mass is 16.6. The predicted molar refractivity (Wildman–Crippen MR) is 71.9 cm³/mol. The normalized spacial score (nSPS) is 10.2. The van der Waals surface area contributed by atoms with Gasteiger partial charge in [-0.1, -0.05) is 12.8 Å². The molecule has 0 aliphatic heterocycles. The fourth-order valence-corrected chi connectivity index (χ4v) is 1.65. The number of nitro groups is 1. The van der Waals surface area contributed by atoms with Crippen LogP contribution in [0.2, 0.25) is 0 Å². The molecule has 0 unspecified atom stereocenters. The average molecular weight is 283 g/mol. The Bertz CT molecular complexity index is 478. The van der Waals surface area contributed by atoms with Crippen molar-refractivity contribution in [3.05, 3.63) is 27.9 Å². The molecule has 20 heavy (non-hydrogen) atoms. The zero-order valence-electron chi connectivity index (χ0n) is 10.9. The maximum atomic E-state index is 10.8. The number of carboxylic acids is 1. The van der Waals surface area contributed by atoms with Gasteiger partial charge in [-0.05, 0) is 18.9 Å². The fraction of sp³-hybridized carbons (Fsp3) is 0.500. The van der Waals surface area contributed by atoms with Crippen molar-refractivity contribution in [3.8, 4) is 0 Å². The molecule has 0 aliphatic rings. The summed E-state index contributed by atoms with van der Waals surface area (Å²) in [5.41, 5.74) is -0.483. The number of aliphatic hydroxyl groups excluding tert-OH is 1. The zero-order chi connectivity index (χ0) is 15.0. The van der Waals surface area contributed by atoms with Crippen molar-refractivity contribution in [1.29, 1.82) is 0 Å². The first-order valence-electron chi connectivity index (χ1n) is 6.29. The molecule has 110 valence electrons. The minimum atomic E-state index is -1.23. The summed E-state index contributed by atoms with van der Waals surface area (Å²) in [6.07, 6.45) is 3.24. The lowest BCUT2D eigenvalue weighted by Crippen LogP contribution is -2.09. The lowest BCUT2D eigenvalue weighted by Gasteiger charge is -2.06. The predicted octanol–water partition coefficient (Wildman–Crippen LogP) is 1.65. The summed E-state index contributed by atoms with van der Waals surface area (Å²) < 4.78 is 0. The monoisotopic (exact) mass is 283 g/mol. The van der Waals surface area contributed by atoms with Gasteiger partial charge in [0.05, 0.1) is 4.92 Å². The van der Waals surface area contributed by atoms with E-state index >= 15 is 0 Å². The summed E-state index contributed by atoms with van der Waals surface area (Å²) in [6.45, 7) is 0.615. The molecule has 0 fully saturated rings. The number of nitrogens with zero attached hydrogens (tertiary/aromatic N) is 2. The van der Waals surface area contributed by atoms with Crippen LogP contribution in [0.1, 0.15) is 36.2 Å². The van der Waals surface area contributed by atoms with Gasteiger partial charge in [-0.3, -0.25) is 10.1 Å². The Morgan fingerprint density at radius 1 is 1.30 bits per heavy atom. The molecule has 3 N–H and O–H groups in total. The van der Waals surface area contributed by atoms with Crippen LogP contribution < -0.4 is 5.32 Å². The van der Waals surface area contributed by atoms with Crippen LogP contribution in [0.3, 0.4) is 0 Å². The number of aliphatic hydroxyl groups is 1. The number of carboxylic acid groups (broad SMARTS) is 1. The smallest absolute Gasteiger partial charge is 0.354 e. The first kappa shape index (κ1) is 15.8. The molecule has 0 spiro atoms. The molecule has 0 aromatic carbocycles. The largest absolute Gasteiger partial charge is 0.477 e. The Kier molecular flexibility index (Phi) is 6.38. The molecular weight excluding hydrogens is 266 g/mol. The maximum absolute atomic E-state index is 10.8. The molecule has 1 aromatic heterocycles. The van der Waals surface area contributed by atoms with Crippen molar-refractivity contribution in [2.75, 3.05) is 18.5 Å². The van der Waals surface area contributed by atoms with E-state index in [0.717, 1.165) is 37.8 Å². The standard InChI is InChI=1S/C12H17N3O5/c16-8-4-2-1-3-7-13-11-10(15(19)20)6-5-9(14-11)12(17)18/h5-6,16H,1-4,7-8H2,(H,13,14)(H,17,18). The summed E-state index contributed by atoms with van der Waals surface area (Å²) in [7, 11) is 0. The summed E-state index contributed by atoms with van der Waals surface area (Å²) in [6, 6.07) is 2.23. The third-order valence-electron chi connectivity index (χ3n) is 2.67. The Labute approximate surface area is 115 Å². The van der Waals surface area contributed by atoms with Crippen molar-refractivity contribution in [2.45, 2.75) is 25.7 Å². The van der Waals surface area contributed by atoms with Gasteiger partial charge in [-0.25, -0.2) is 9.78 Å². The number of unbranched alkanes of at least 4 members (excludes halogenated alkanes) is 3. The van der Waals surface area contributed by atoms with E-state index in [0.29, 0.717) is 6.54 Å². The first-order chi connectivity index (χ1) is 9.56. The minimum absolute atomic E-state index is 0.0305. The lowest BCUT2D eigenvalue weighted by atomic mass is 10.2. The van der Waals surface area contributed by atoms with Gasteiger partial charge in [0.2, 0.25) is 5.82 Å². The van der Waals surface area contributed by atoms with Gasteiger partial charge in [0.1, 0.15) is 0 Å². The van der Waals surface area contributed by atoms with Gasteiger partial charge in [0.15, 0.2) is 5.69 Å². The van der Waals surface area contributed by atoms with Gasteiger partial charge in [-0.15, -0.1) is 0 Å². The lowest BCUT2D eigenvalue weighted by molar-refractivity contribution is -0.384.